The molecule has 1 aromatic rings. The summed E-state index contributed by atoms with van der Waals surface area (Å²) < 4.78 is 4.90. The third-order valence-corrected chi connectivity index (χ3v) is 2.00. The van der Waals surface area contributed by atoms with Crippen LogP contribution in [0.4, 0.5) is 0 Å². The van der Waals surface area contributed by atoms with Crippen LogP contribution in [0.25, 0.3) is 0 Å². The van der Waals surface area contributed by atoms with Gasteiger partial charge >= 0.3 is 5.97 Å². The van der Waals surface area contributed by atoms with Gasteiger partial charge in [-0.25, -0.2) is 4.79 Å². The highest BCUT2D eigenvalue weighted by Gasteiger charge is 2.10. The molecule has 0 N–H and O–H groups in total. The normalized spacial score (nSPS) is 9.93. The molecule has 0 atom stereocenters. The monoisotopic (exact) mass is 193 g/mol. The van der Waals surface area contributed by atoms with Crippen LogP contribution in [0, 0.1) is 6.92 Å². The number of esters is 1. The minimum atomic E-state index is -0.292. The number of carbonyl (C=O) groups is 1. The first-order valence-electron chi connectivity index (χ1n) is 4.82. The Morgan fingerprint density at radius 2 is 2.14 bits per heavy atom. The molecule has 0 unspecified atom stereocenters. The SMILES string of the molecule is CCOC(=O)c1ccc(CC)nc1C. The summed E-state index contributed by atoms with van der Waals surface area (Å²) in [5.41, 5.74) is 2.29. The van der Waals surface area contributed by atoms with Crippen molar-refractivity contribution in [2.45, 2.75) is 27.2 Å². The molecule has 76 valence electrons. The van der Waals surface area contributed by atoms with Gasteiger partial charge in [-0.15, -0.1) is 0 Å². The van der Waals surface area contributed by atoms with Gasteiger partial charge in [-0.3, -0.25) is 4.98 Å². The van der Waals surface area contributed by atoms with Gasteiger partial charge in [0.2, 0.25) is 0 Å². The standard InChI is InChI=1S/C11H15NO2/c1-4-9-6-7-10(8(3)12-9)11(13)14-5-2/h6-7H,4-5H2,1-3H3. The Hall–Kier alpha value is -1.38. The molecule has 0 spiro atoms. The molecule has 1 rings (SSSR count). The van der Waals surface area contributed by atoms with Crippen molar-refractivity contribution in [1.82, 2.24) is 4.98 Å². The molecule has 0 saturated heterocycles. The highest BCUT2D eigenvalue weighted by atomic mass is 16.5. The Labute approximate surface area is 84.1 Å². The van der Waals surface area contributed by atoms with Gasteiger partial charge < -0.3 is 4.74 Å². The van der Waals surface area contributed by atoms with Gasteiger partial charge in [-0.05, 0) is 32.4 Å². The van der Waals surface area contributed by atoms with Crippen LogP contribution in [-0.4, -0.2) is 17.6 Å². The lowest BCUT2D eigenvalue weighted by atomic mass is 10.1. The van der Waals surface area contributed by atoms with E-state index in [9.17, 15) is 4.79 Å². The van der Waals surface area contributed by atoms with Gasteiger partial charge in [0.1, 0.15) is 0 Å². The number of pyridine rings is 1. The second-order valence-electron chi connectivity index (χ2n) is 3.01. The Morgan fingerprint density at radius 3 is 2.64 bits per heavy atom. The molecule has 0 radical (unpaired) electrons. The van der Waals surface area contributed by atoms with Gasteiger partial charge in [0.15, 0.2) is 0 Å². The molecular weight excluding hydrogens is 178 g/mol. The molecule has 3 heteroatoms. The predicted octanol–water partition coefficient (Wildman–Crippen LogP) is 2.13. The van der Waals surface area contributed by atoms with Crippen molar-refractivity contribution >= 4 is 5.97 Å². The maximum atomic E-state index is 11.4. The van der Waals surface area contributed by atoms with E-state index in [0.717, 1.165) is 17.8 Å². The van der Waals surface area contributed by atoms with E-state index in [2.05, 4.69) is 4.98 Å². The van der Waals surface area contributed by atoms with Gasteiger partial charge in [0, 0.05) is 5.69 Å². The van der Waals surface area contributed by atoms with Crippen LogP contribution < -0.4 is 0 Å². The van der Waals surface area contributed by atoms with Gasteiger partial charge in [-0.2, -0.15) is 0 Å². The first kappa shape index (κ1) is 10.7. The highest BCUT2D eigenvalue weighted by Crippen LogP contribution is 2.08. The Morgan fingerprint density at radius 1 is 1.43 bits per heavy atom. The third-order valence-electron chi connectivity index (χ3n) is 2.00. The quantitative estimate of drug-likeness (QED) is 0.690. The van der Waals surface area contributed by atoms with Crippen molar-refractivity contribution in [2.75, 3.05) is 6.61 Å². The van der Waals surface area contributed by atoms with E-state index in [0.29, 0.717) is 12.2 Å². The van der Waals surface area contributed by atoms with E-state index in [1.54, 1.807) is 13.0 Å². The van der Waals surface area contributed by atoms with Crippen molar-refractivity contribution in [2.24, 2.45) is 0 Å². The fourth-order valence-corrected chi connectivity index (χ4v) is 1.23. The fraction of sp³-hybridized carbons (Fsp3) is 0.455. The summed E-state index contributed by atoms with van der Waals surface area (Å²) in [6.07, 6.45) is 0.879. The minimum absolute atomic E-state index is 0.292. The molecule has 3 nitrogen and oxygen atoms in total. The number of hydrogen-bond donors (Lipinski definition) is 0. The summed E-state index contributed by atoms with van der Waals surface area (Å²) >= 11 is 0. The third kappa shape index (κ3) is 2.31. The van der Waals surface area contributed by atoms with Crippen molar-refractivity contribution in [1.29, 1.82) is 0 Å². The van der Waals surface area contributed by atoms with E-state index in [1.165, 1.54) is 0 Å². The highest BCUT2D eigenvalue weighted by molar-refractivity contribution is 5.90. The summed E-state index contributed by atoms with van der Waals surface area (Å²) in [5.74, 6) is -0.292. The van der Waals surface area contributed by atoms with E-state index >= 15 is 0 Å². The molecule has 0 saturated carbocycles. The van der Waals surface area contributed by atoms with Crippen LogP contribution in [-0.2, 0) is 11.2 Å². The predicted molar refractivity (Wildman–Crippen MR) is 54.3 cm³/mol. The number of nitrogens with zero attached hydrogens (tertiary/aromatic N) is 1. The average Bonchev–Trinajstić information content (AvgIpc) is 2.17. The summed E-state index contributed by atoms with van der Waals surface area (Å²) in [4.78, 5) is 15.7. The summed E-state index contributed by atoms with van der Waals surface area (Å²) in [6.45, 7) is 6.05. The van der Waals surface area contributed by atoms with E-state index in [4.69, 9.17) is 4.74 Å². The zero-order valence-corrected chi connectivity index (χ0v) is 8.83. The largest absolute Gasteiger partial charge is 0.462 e. The van der Waals surface area contributed by atoms with Crippen LogP contribution in [0.2, 0.25) is 0 Å². The lowest BCUT2D eigenvalue weighted by molar-refractivity contribution is 0.0525. The van der Waals surface area contributed by atoms with Crippen molar-refractivity contribution in [3.8, 4) is 0 Å². The minimum Gasteiger partial charge on any atom is -0.462 e. The zero-order chi connectivity index (χ0) is 10.6. The van der Waals surface area contributed by atoms with E-state index in [1.807, 2.05) is 19.9 Å². The second-order valence-corrected chi connectivity index (χ2v) is 3.01. The van der Waals surface area contributed by atoms with Crippen LogP contribution in [0.15, 0.2) is 12.1 Å². The Balaban J connectivity index is 2.94. The topological polar surface area (TPSA) is 39.2 Å². The first-order valence-corrected chi connectivity index (χ1v) is 4.82. The van der Waals surface area contributed by atoms with Gasteiger partial charge in [0.05, 0.1) is 17.9 Å². The summed E-state index contributed by atoms with van der Waals surface area (Å²) in [6, 6.07) is 3.64. The summed E-state index contributed by atoms with van der Waals surface area (Å²) in [7, 11) is 0. The number of carbonyl (C=O) groups excluding carboxylic acids is 1. The second kappa shape index (κ2) is 4.74. The van der Waals surface area contributed by atoms with Gasteiger partial charge in [-0.1, -0.05) is 6.92 Å². The molecule has 0 aliphatic rings. The lowest BCUT2D eigenvalue weighted by Crippen LogP contribution is -2.08. The van der Waals surface area contributed by atoms with Crippen molar-refractivity contribution < 1.29 is 9.53 Å². The van der Waals surface area contributed by atoms with E-state index in [-0.39, 0.29) is 5.97 Å². The number of aryl methyl sites for hydroxylation is 2. The lowest BCUT2D eigenvalue weighted by Gasteiger charge is -2.05. The molecule has 0 aromatic carbocycles. The van der Waals surface area contributed by atoms with Crippen molar-refractivity contribution in [3.63, 3.8) is 0 Å². The fourth-order valence-electron chi connectivity index (χ4n) is 1.23. The molecule has 0 aliphatic heterocycles. The first-order chi connectivity index (χ1) is 6.69. The van der Waals surface area contributed by atoms with E-state index < -0.39 is 0 Å². The molecular formula is C11H15NO2. The Bertz CT molecular complexity index is 334. The smallest absolute Gasteiger partial charge is 0.339 e. The maximum absolute atomic E-state index is 11.4. The van der Waals surface area contributed by atoms with Crippen LogP contribution in [0.5, 0.6) is 0 Å². The van der Waals surface area contributed by atoms with Gasteiger partial charge in [0.25, 0.3) is 0 Å². The number of aromatic nitrogens is 1. The molecule has 0 fully saturated rings. The van der Waals surface area contributed by atoms with Crippen LogP contribution in [0.3, 0.4) is 0 Å². The van der Waals surface area contributed by atoms with Crippen molar-refractivity contribution in [3.05, 3.63) is 29.1 Å². The number of hydrogen-bond acceptors (Lipinski definition) is 3. The molecule has 0 aliphatic carbocycles. The van der Waals surface area contributed by atoms with Crippen LogP contribution >= 0.6 is 0 Å². The maximum Gasteiger partial charge on any atom is 0.339 e. The number of rotatable bonds is 3. The van der Waals surface area contributed by atoms with Crippen LogP contribution in [0.1, 0.15) is 35.6 Å². The molecule has 0 bridgehead atoms. The number of ether oxygens (including phenoxy) is 1. The zero-order valence-electron chi connectivity index (χ0n) is 8.83. The molecule has 1 aromatic heterocycles. The summed E-state index contributed by atoms with van der Waals surface area (Å²) in [5, 5.41) is 0. The molecule has 14 heavy (non-hydrogen) atoms. The molecule has 1 heterocycles. The average molecular weight is 193 g/mol. The molecule has 0 amide bonds. The Kier molecular flexibility index (Phi) is 3.63.